The van der Waals surface area contributed by atoms with Gasteiger partial charge in [0.25, 0.3) is 5.91 Å². The minimum absolute atomic E-state index is 0.142. The molecule has 6 heteroatoms. The van der Waals surface area contributed by atoms with Crippen molar-refractivity contribution in [2.45, 2.75) is 20.0 Å². The molecule has 1 N–H and O–H groups in total. The molecule has 120 valence electrons. The molecule has 1 aromatic carbocycles. The normalized spacial score (nSPS) is 17.2. The SMILES string of the molecule is Cc1ccc(C)c(C(=O)NCC2CN(c3cccs3)C(=O)O2)c1. The third kappa shape index (κ3) is 3.37. The largest absolute Gasteiger partial charge is 0.442 e. The molecule has 0 bridgehead atoms. The van der Waals surface area contributed by atoms with E-state index in [-0.39, 0.29) is 18.1 Å². The van der Waals surface area contributed by atoms with Gasteiger partial charge in [-0.25, -0.2) is 4.79 Å². The topological polar surface area (TPSA) is 58.6 Å². The van der Waals surface area contributed by atoms with Crippen molar-refractivity contribution < 1.29 is 14.3 Å². The second-order valence-electron chi connectivity index (χ2n) is 5.60. The molecule has 3 rings (SSSR count). The highest BCUT2D eigenvalue weighted by atomic mass is 32.1. The van der Waals surface area contributed by atoms with E-state index in [2.05, 4.69) is 5.32 Å². The Balaban J connectivity index is 1.60. The lowest BCUT2D eigenvalue weighted by molar-refractivity contribution is 0.0915. The minimum atomic E-state index is -0.363. The maximum absolute atomic E-state index is 12.3. The van der Waals surface area contributed by atoms with E-state index in [1.165, 1.54) is 11.3 Å². The zero-order chi connectivity index (χ0) is 16.4. The number of amides is 2. The maximum Gasteiger partial charge on any atom is 0.415 e. The average molecular weight is 330 g/mol. The fourth-order valence-corrected chi connectivity index (χ4v) is 3.24. The molecule has 0 saturated carbocycles. The van der Waals surface area contributed by atoms with Crippen molar-refractivity contribution in [2.75, 3.05) is 18.0 Å². The fourth-order valence-electron chi connectivity index (χ4n) is 2.51. The van der Waals surface area contributed by atoms with E-state index in [4.69, 9.17) is 4.74 Å². The predicted octanol–water partition coefficient (Wildman–Crippen LogP) is 3.12. The molecule has 1 unspecified atom stereocenters. The molecule has 1 fully saturated rings. The summed E-state index contributed by atoms with van der Waals surface area (Å²) in [6, 6.07) is 9.54. The maximum atomic E-state index is 12.3. The van der Waals surface area contributed by atoms with Gasteiger partial charge >= 0.3 is 6.09 Å². The lowest BCUT2D eigenvalue weighted by Crippen LogP contribution is -2.34. The van der Waals surface area contributed by atoms with Crippen molar-refractivity contribution in [3.63, 3.8) is 0 Å². The van der Waals surface area contributed by atoms with Crippen LogP contribution in [-0.4, -0.2) is 31.2 Å². The number of nitrogens with one attached hydrogen (secondary N) is 1. The molecular formula is C17H18N2O3S. The van der Waals surface area contributed by atoms with Gasteiger partial charge in [-0.15, -0.1) is 11.3 Å². The van der Waals surface area contributed by atoms with Gasteiger partial charge < -0.3 is 10.1 Å². The Hall–Kier alpha value is -2.34. The number of ether oxygens (including phenoxy) is 1. The van der Waals surface area contributed by atoms with E-state index >= 15 is 0 Å². The molecule has 5 nitrogen and oxygen atoms in total. The second kappa shape index (κ2) is 6.42. The smallest absolute Gasteiger partial charge is 0.415 e. The summed E-state index contributed by atoms with van der Waals surface area (Å²) < 4.78 is 5.32. The van der Waals surface area contributed by atoms with E-state index in [1.807, 2.05) is 49.6 Å². The fraction of sp³-hybridized carbons (Fsp3) is 0.294. The number of thiophene rings is 1. The Morgan fingerprint density at radius 2 is 2.22 bits per heavy atom. The first-order chi connectivity index (χ1) is 11.0. The van der Waals surface area contributed by atoms with Crippen molar-refractivity contribution >= 4 is 28.3 Å². The molecule has 1 aromatic heterocycles. The Morgan fingerprint density at radius 1 is 1.39 bits per heavy atom. The quantitative estimate of drug-likeness (QED) is 0.937. The third-order valence-electron chi connectivity index (χ3n) is 3.77. The number of rotatable bonds is 4. The van der Waals surface area contributed by atoms with E-state index in [0.717, 1.165) is 16.1 Å². The van der Waals surface area contributed by atoms with E-state index in [1.54, 1.807) is 4.90 Å². The van der Waals surface area contributed by atoms with Crippen LogP contribution in [0.25, 0.3) is 0 Å². The first-order valence-electron chi connectivity index (χ1n) is 7.41. The molecule has 1 atom stereocenters. The molecule has 23 heavy (non-hydrogen) atoms. The van der Waals surface area contributed by atoms with Crippen LogP contribution in [-0.2, 0) is 4.74 Å². The molecule has 1 saturated heterocycles. The molecule has 0 spiro atoms. The van der Waals surface area contributed by atoms with Gasteiger partial charge in [0, 0.05) is 5.56 Å². The van der Waals surface area contributed by atoms with Crippen LogP contribution in [0.3, 0.4) is 0 Å². The number of hydrogen-bond donors (Lipinski definition) is 1. The summed E-state index contributed by atoms with van der Waals surface area (Å²) in [7, 11) is 0. The molecule has 1 aliphatic rings. The summed E-state index contributed by atoms with van der Waals surface area (Å²) in [6.45, 7) is 4.61. The number of carbonyl (C=O) groups is 2. The number of aryl methyl sites for hydroxylation is 2. The summed E-state index contributed by atoms with van der Waals surface area (Å²) in [5, 5.41) is 5.63. The number of benzene rings is 1. The van der Waals surface area contributed by atoms with E-state index in [9.17, 15) is 9.59 Å². The number of carbonyl (C=O) groups excluding carboxylic acids is 2. The summed E-state index contributed by atoms with van der Waals surface area (Å²) in [5.74, 6) is -0.142. The molecule has 0 radical (unpaired) electrons. The van der Waals surface area contributed by atoms with Crippen LogP contribution in [0.4, 0.5) is 9.80 Å². The van der Waals surface area contributed by atoms with Crippen LogP contribution in [0.5, 0.6) is 0 Å². The van der Waals surface area contributed by atoms with Gasteiger partial charge in [0.05, 0.1) is 13.1 Å². The summed E-state index contributed by atoms with van der Waals surface area (Å²) in [6.07, 6.45) is -0.697. The van der Waals surface area contributed by atoms with Crippen LogP contribution in [0, 0.1) is 13.8 Å². The number of nitrogens with zero attached hydrogens (tertiary/aromatic N) is 1. The van der Waals surface area contributed by atoms with Crippen molar-refractivity contribution in [1.29, 1.82) is 0 Å². The lowest BCUT2D eigenvalue weighted by atomic mass is 10.1. The summed E-state index contributed by atoms with van der Waals surface area (Å²) in [4.78, 5) is 25.8. The molecular weight excluding hydrogens is 312 g/mol. The minimum Gasteiger partial charge on any atom is -0.442 e. The van der Waals surface area contributed by atoms with Crippen LogP contribution >= 0.6 is 11.3 Å². The van der Waals surface area contributed by atoms with Crippen LogP contribution < -0.4 is 10.2 Å². The van der Waals surface area contributed by atoms with Crippen molar-refractivity contribution in [3.8, 4) is 0 Å². The van der Waals surface area contributed by atoms with E-state index in [0.29, 0.717) is 18.7 Å². The van der Waals surface area contributed by atoms with Crippen molar-refractivity contribution in [3.05, 3.63) is 52.4 Å². The highest BCUT2D eigenvalue weighted by molar-refractivity contribution is 7.14. The zero-order valence-corrected chi connectivity index (χ0v) is 13.9. The second-order valence-corrected chi connectivity index (χ2v) is 6.52. The van der Waals surface area contributed by atoms with Gasteiger partial charge in [-0.1, -0.05) is 17.7 Å². The summed E-state index contributed by atoms with van der Waals surface area (Å²) in [5.41, 5.74) is 2.62. The van der Waals surface area contributed by atoms with Crippen LogP contribution in [0.1, 0.15) is 21.5 Å². The van der Waals surface area contributed by atoms with Crippen LogP contribution in [0.2, 0.25) is 0 Å². The van der Waals surface area contributed by atoms with Gasteiger partial charge in [0.1, 0.15) is 11.1 Å². The number of hydrogen-bond acceptors (Lipinski definition) is 4. The first kappa shape index (κ1) is 15.6. The monoisotopic (exact) mass is 330 g/mol. The third-order valence-corrected chi connectivity index (χ3v) is 4.67. The first-order valence-corrected chi connectivity index (χ1v) is 8.29. The molecule has 0 aliphatic carbocycles. The Labute approximate surface area is 138 Å². The Kier molecular flexibility index (Phi) is 4.34. The molecule has 2 aromatic rings. The molecule has 2 heterocycles. The Morgan fingerprint density at radius 3 is 2.96 bits per heavy atom. The number of anilines is 1. The standard InChI is InChI=1S/C17H18N2O3S/c1-11-5-6-12(2)14(8-11)16(20)18-9-13-10-19(17(21)22-13)15-4-3-7-23-15/h3-8,13H,9-10H2,1-2H3,(H,18,20). The zero-order valence-electron chi connectivity index (χ0n) is 13.0. The summed E-state index contributed by atoms with van der Waals surface area (Å²) >= 11 is 1.49. The van der Waals surface area contributed by atoms with Gasteiger partial charge in [-0.3, -0.25) is 9.69 Å². The van der Waals surface area contributed by atoms with Gasteiger partial charge in [-0.2, -0.15) is 0 Å². The number of cyclic esters (lactones) is 1. The molecule has 1 aliphatic heterocycles. The van der Waals surface area contributed by atoms with Gasteiger partial charge in [0.2, 0.25) is 0 Å². The average Bonchev–Trinajstić information content (AvgIpc) is 3.16. The highest BCUT2D eigenvalue weighted by Crippen LogP contribution is 2.26. The molecule has 2 amide bonds. The predicted molar refractivity (Wildman–Crippen MR) is 90.2 cm³/mol. The van der Waals surface area contributed by atoms with Gasteiger partial charge in [0.15, 0.2) is 0 Å². The Bertz CT molecular complexity index is 727. The van der Waals surface area contributed by atoms with Crippen molar-refractivity contribution in [1.82, 2.24) is 5.32 Å². The lowest BCUT2D eigenvalue weighted by Gasteiger charge is -2.12. The van der Waals surface area contributed by atoms with Crippen molar-refractivity contribution in [2.24, 2.45) is 0 Å². The van der Waals surface area contributed by atoms with Crippen LogP contribution in [0.15, 0.2) is 35.7 Å². The highest BCUT2D eigenvalue weighted by Gasteiger charge is 2.33. The van der Waals surface area contributed by atoms with Gasteiger partial charge in [-0.05, 0) is 43.0 Å². The van der Waals surface area contributed by atoms with E-state index < -0.39 is 0 Å².